The number of carbonyl (C=O) groups is 1. The van der Waals surface area contributed by atoms with Gasteiger partial charge >= 0.3 is 0 Å². The highest BCUT2D eigenvalue weighted by Crippen LogP contribution is 2.29. The number of sulfonamides is 1. The molecule has 30 heavy (non-hydrogen) atoms. The van der Waals surface area contributed by atoms with Crippen molar-refractivity contribution in [2.24, 2.45) is 0 Å². The fraction of sp³-hybridized carbons (Fsp3) is 0.409. The third-order valence-electron chi connectivity index (χ3n) is 4.79. The lowest BCUT2D eigenvalue weighted by atomic mass is 10.2. The minimum absolute atomic E-state index is 0.0889. The molecule has 0 aliphatic rings. The van der Waals surface area contributed by atoms with Gasteiger partial charge in [-0.25, -0.2) is 8.42 Å². The lowest BCUT2D eigenvalue weighted by Gasteiger charge is -2.20. The van der Waals surface area contributed by atoms with Crippen LogP contribution in [0.5, 0.6) is 11.5 Å². The largest absolute Gasteiger partial charge is 0.495 e. The molecule has 1 N–H and O–H groups in total. The molecule has 0 aliphatic heterocycles. The molecular formula is C22H30N2O5S. The zero-order chi connectivity index (χ0) is 22.3. The van der Waals surface area contributed by atoms with Crippen LogP contribution in [-0.2, 0) is 21.2 Å². The van der Waals surface area contributed by atoms with Crippen LogP contribution >= 0.6 is 0 Å². The van der Waals surface area contributed by atoms with Crippen molar-refractivity contribution in [3.63, 3.8) is 0 Å². The predicted octanol–water partition coefficient (Wildman–Crippen LogP) is 3.69. The van der Waals surface area contributed by atoms with Gasteiger partial charge in [0.05, 0.1) is 17.7 Å². The highest BCUT2D eigenvalue weighted by molar-refractivity contribution is 7.89. The molecule has 0 heterocycles. The molecular weight excluding hydrogens is 404 g/mol. The van der Waals surface area contributed by atoms with Gasteiger partial charge in [0, 0.05) is 13.1 Å². The normalized spacial score (nSPS) is 12.5. The van der Waals surface area contributed by atoms with Crippen LogP contribution in [0, 0.1) is 0 Å². The Morgan fingerprint density at radius 3 is 2.23 bits per heavy atom. The summed E-state index contributed by atoms with van der Waals surface area (Å²) in [5.74, 6) is 0.534. The number of rotatable bonds is 10. The Morgan fingerprint density at radius 1 is 1.07 bits per heavy atom. The van der Waals surface area contributed by atoms with Crippen molar-refractivity contribution in [1.29, 1.82) is 0 Å². The lowest BCUT2D eigenvalue weighted by molar-refractivity contribution is -0.122. The van der Waals surface area contributed by atoms with E-state index in [0.29, 0.717) is 24.6 Å². The van der Waals surface area contributed by atoms with Crippen LogP contribution in [0.4, 0.5) is 5.69 Å². The van der Waals surface area contributed by atoms with E-state index in [1.807, 2.05) is 24.3 Å². The van der Waals surface area contributed by atoms with Crippen LogP contribution in [0.25, 0.3) is 0 Å². The van der Waals surface area contributed by atoms with E-state index in [0.717, 1.165) is 6.42 Å². The Balaban J connectivity index is 2.21. The highest BCUT2D eigenvalue weighted by atomic mass is 32.2. The Labute approximate surface area is 179 Å². The number of carbonyl (C=O) groups excluding carboxylic acids is 1. The second kappa shape index (κ2) is 10.4. The summed E-state index contributed by atoms with van der Waals surface area (Å²) < 4.78 is 38.0. The first-order valence-corrected chi connectivity index (χ1v) is 11.4. The van der Waals surface area contributed by atoms with Crippen molar-refractivity contribution >= 4 is 21.6 Å². The third kappa shape index (κ3) is 5.52. The lowest BCUT2D eigenvalue weighted by Crippen LogP contribution is -2.31. The first-order chi connectivity index (χ1) is 14.3. The fourth-order valence-corrected chi connectivity index (χ4v) is 4.44. The van der Waals surface area contributed by atoms with E-state index < -0.39 is 22.0 Å². The number of ether oxygens (including phenoxy) is 2. The van der Waals surface area contributed by atoms with Crippen LogP contribution < -0.4 is 14.8 Å². The Morgan fingerprint density at radius 2 is 1.70 bits per heavy atom. The van der Waals surface area contributed by atoms with Crippen molar-refractivity contribution in [3.05, 3.63) is 48.0 Å². The maximum Gasteiger partial charge on any atom is 0.265 e. The number of anilines is 1. The molecule has 0 saturated heterocycles. The number of benzene rings is 2. The van der Waals surface area contributed by atoms with Gasteiger partial charge in [0.1, 0.15) is 11.5 Å². The minimum atomic E-state index is -3.66. The van der Waals surface area contributed by atoms with Gasteiger partial charge in [0.2, 0.25) is 10.0 Å². The van der Waals surface area contributed by atoms with Gasteiger partial charge in [-0.3, -0.25) is 4.79 Å². The molecule has 1 amide bonds. The molecule has 0 aromatic heterocycles. The summed E-state index contributed by atoms with van der Waals surface area (Å²) in [6.45, 7) is 7.96. The summed E-state index contributed by atoms with van der Waals surface area (Å²) in [5.41, 5.74) is 1.45. The van der Waals surface area contributed by atoms with Crippen molar-refractivity contribution in [3.8, 4) is 11.5 Å². The van der Waals surface area contributed by atoms with Gasteiger partial charge in [-0.1, -0.05) is 32.9 Å². The Hall–Kier alpha value is -2.58. The Bertz CT molecular complexity index is 954. The summed E-state index contributed by atoms with van der Waals surface area (Å²) in [6, 6.07) is 11.9. The highest BCUT2D eigenvalue weighted by Gasteiger charge is 2.24. The van der Waals surface area contributed by atoms with Gasteiger partial charge in [-0.2, -0.15) is 4.31 Å². The number of nitrogens with one attached hydrogen (secondary N) is 1. The number of nitrogens with zero attached hydrogens (tertiary/aromatic N) is 1. The van der Waals surface area contributed by atoms with Crippen LogP contribution in [-0.4, -0.2) is 44.9 Å². The predicted molar refractivity (Wildman–Crippen MR) is 118 cm³/mol. The van der Waals surface area contributed by atoms with Gasteiger partial charge in [0.15, 0.2) is 6.10 Å². The second-order valence-corrected chi connectivity index (χ2v) is 8.64. The average Bonchev–Trinajstić information content (AvgIpc) is 2.74. The number of methoxy groups -OCH3 is 1. The molecule has 8 heteroatoms. The monoisotopic (exact) mass is 434 g/mol. The Kier molecular flexibility index (Phi) is 8.25. The molecule has 1 unspecified atom stereocenters. The van der Waals surface area contributed by atoms with E-state index in [1.165, 1.54) is 35.2 Å². The van der Waals surface area contributed by atoms with Crippen molar-refractivity contribution in [2.45, 2.75) is 45.1 Å². The standard InChI is InChI=1S/C22H30N2O5S/c1-6-17-9-11-18(12-10-17)29-16(4)22(25)23-20-15-19(13-14-21(20)28-5)30(26,27)24(7-2)8-3/h9-16H,6-8H2,1-5H3,(H,23,25). The van der Waals surface area contributed by atoms with E-state index in [9.17, 15) is 13.2 Å². The molecule has 2 rings (SSSR count). The number of hydrogen-bond acceptors (Lipinski definition) is 5. The number of amides is 1. The summed E-state index contributed by atoms with van der Waals surface area (Å²) >= 11 is 0. The summed E-state index contributed by atoms with van der Waals surface area (Å²) in [5, 5.41) is 2.72. The van der Waals surface area contributed by atoms with E-state index in [2.05, 4.69) is 12.2 Å². The maximum absolute atomic E-state index is 12.8. The molecule has 0 spiro atoms. The van der Waals surface area contributed by atoms with Gasteiger partial charge in [-0.15, -0.1) is 0 Å². The molecule has 0 saturated carbocycles. The summed E-state index contributed by atoms with van der Waals surface area (Å²) in [7, 11) is -2.21. The smallest absolute Gasteiger partial charge is 0.265 e. The zero-order valence-corrected chi connectivity index (χ0v) is 19.0. The molecule has 7 nitrogen and oxygen atoms in total. The van der Waals surface area contributed by atoms with Crippen LogP contribution in [0.15, 0.2) is 47.4 Å². The van der Waals surface area contributed by atoms with E-state index in [4.69, 9.17) is 9.47 Å². The molecule has 1 atom stereocenters. The first kappa shape index (κ1) is 23.7. The molecule has 164 valence electrons. The van der Waals surface area contributed by atoms with Crippen molar-refractivity contribution in [1.82, 2.24) is 4.31 Å². The zero-order valence-electron chi connectivity index (χ0n) is 18.1. The SMILES string of the molecule is CCc1ccc(OC(C)C(=O)Nc2cc(S(=O)(=O)N(CC)CC)ccc2OC)cc1. The van der Waals surface area contributed by atoms with Gasteiger partial charge in [-0.05, 0) is 49.2 Å². The van der Waals surface area contributed by atoms with Crippen LogP contribution in [0.2, 0.25) is 0 Å². The topological polar surface area (TPSA) is 84.9 Å². The molecule has 0 fully saturated rings. The number of aryl methyl sites for hydroxylation is 1. The number of hydrogen-bond donors (Lipinski definition) is 1. The second-order valence-electron chi connectivity index (χ2n) is 6.70. The van der Waals surface area contributed by atoms with Gasteiger partial charge in [0.25, 0.3) is 5.91 Å². The quantitative estimate of drug-likeness (QED) is 0.616. The third-order valence-corrected chi connectivity index (χ3v) is 6.83. The van der Waals surface area contributed by atoms with E-state index in [-0.39, 0.29) is 10.6 Å². The van der Waals surface area contributed by atoms with E-state index >= 15 is 0 Å². The molecule has 0 radical (unpaired) electrons. The summed E-state index contributed by atoms with van der Waals surface area (Å²) in [4.78, 5) is 12.8. The van der Waals surface area contributed by atoms with E-state index in [1.54, 1.807) is 20.8 Å². The molecule has 2 aromatic rings. The molecule has 2 aromatic carbocycles. The van der Waals surface area contributed by atoms with Crippen LogP contribution in [0.3, 0.4) is 0 Å². The maximum atomic E-state index is 12.8. The molecule has 0 aliphatic carbocycles. The van der Waals surface area contributed by atoms with Crippen molar-refractivity contribution < 1.29 is 22.7 Å². The fourth-order valence-electron chi connectivity index (χ4n) is 2.95. The van der Waals surface area contributed by atoms with Crippen molar-refractivity contribution in [2.75, 3.05) is 25.5 Å². The molecule has 0 bridgehead atoms. The van der Waals surface area contributed by atoms with Gasteiger partial charge < -0.3 is 14.8 Å². The summed E-state index contributed by atoms with van der Waals surface area (Å²) in [6.07, 6.45) is 0.133. The first-order valence-electron chi connectivity index (χ1n) is 10.0. The average molecular weight is 435 g/mol. The minimum Gasteiger partial charge on any atom is -0.495 e. The van der Waals surface area contributed by atoms with Crippen LogP contribution in [0.1, 0.15) is 33.3 Å².